The smallest absolute Gasteiger partial charge is 0.191 e. The minimum Gasteiger partial charge on any atom is -0.497 e. The summed E-state index contributed by atoms with van der Waals surface area (Å²) in [4.78, 5) is 8.83. The Labute approximate surface area is 166 Å². The van der Waals surface area contributed by atoms with Crippen molar-refractivity contribution in [2.24, 2.45) is 4.99 Å². The number of hydrogen-bond acceptors (Lipinski definition) is 4. The summed E-state index contributed by atoms with van der Waals surface area (Å²) >= 11 is 1.89. The van der Waals surface area contributed by atoms with Gasteiger partial charge in [0.25, 0.3) is 0 Å². The molecule has 0 bridgehead atoms. The van der Waals surface area contributed by atoms with Crippen molar-refractivity contribution in [3.8, 4) is 5.75 Å². The number of ether oxygens (including phenoxy) is 1. The van der Waals surface area contributed by atoms with Crippen LogP contribution >= 0.6 is 11.3 Å². The van der Waals surface area contributed by atoms with Gasteiger partial charge in [0.05, 0.1) is 13.7 Å². The normalized spacial score (nSPS) is 15.9. The number of benzene rings is 1. The topological polar surface area (TPSA) is 48.9 Å². The van der Waals surface area contributed by atoms with Crippen LogP contribution in [0.4, 0.5) is 0 Å². The van der Waals surface area contributed by atoms with Crippen molar-refractivity contribution in [1.82, 2.24) is 15.5 Å². The monoisotopic (exact) mass is 386 g/mol. The summed E-state index contributed by atoms with van der Waals surface area (Å²) in [6, 6.07) is 10.8. The SMILES string of the molecule is CCNC(=NCc1ccc(OC)cc1)NCC(C)N1CCc2sccc2C1. The third-order valence-electron chi connectivity index (χ3n) is 4.95. The molecule has 3 rings (SSSR count). The maximum Gasteiger partial charge on any atom is 0.191 e. The van der Waals surface area contributed by atoms with Gasteiger partial charge in [0.2, 0.25) is 0 Å². The lowest BCUT2D eigenvalue weighted by molar-refractivity contribution is 0.192. The first kappa shape index (κ1) is 19.7. The number of guanidine groups is 1. The summed E-state index contributed by atoms with van der Waals surface area (Å²) in [5, 5.41) is 9.06. The van der Waals surface area contributed by atoms with Crippen LogP contribution in [-0.4, -0.2) is 43.6 Å². The maximum atomic E-state index is 5.21. The van der Waals surface area contributed by atoms with Gasteiger partial charge in [-0.2, -0.15) is 0 Å². The molecule has 146 valence electrons. The molecule has 2 N–H and O–H groups in total. The molecule has 2 aromatic rings. The molecule has 0 saturated heterocycles. The van der Waals surface area contributed by atoms with Crippen molar-refractivity contribution < 1.29 is 4.74 Å². The Morgan fingerprint density at radius 1 is 1.26 bits per heavy atom. The molecule has 1 atom stereocenters. The zero-order chi connectivity index (χ0) is 19.1. The van der Waals surface area contributed by atoms with E-state index in [0.717, 1.165) is 37.9 Å². The fraction of sp³-hybridized carbons (Fsp3) is 0.476. The second-order valence-corrected chi connectivity index (χ2v) is 7.86. The van der Waals surface area contributed by atoms with Crippen LogP contribution in [0.15, 0.2) is 40.7 Å². The van der Waals surface area contributed by atoms with Crippen LogP contribution in [0, 0.1) is 0 Å². The van der Waals surface area contributed by atoms with Crippen LogP contribution in [-0.2, 0) is 19.5 Å². The lowest BCUT2D eigenvalue weighted by atomic mass is 10.1. The number of fused-ring (bicyclic) bond motifs is 1. The van der Waals surface area contributed by atoms with Crippen LogP contribution in [0.3, 0.4) is 0 Å². The highest BCUT2D eigenvalue weighted by Gasteiger charge is 2.21. The van der Waals surface area contributed by atoms with E-state index in [2.05, 4.69) is 53.0 Å². The van der Waals surface area contributed by atoms with Gasteiger partial charge in [0.15, 0.2) is 5.96 Å². The molecule has 1 aromatic carbocycles. The van der Waals surface area contributed by atoms with Crippen molar-refractivity contribution in [2.75, 3.05) is 26.7 Å². The van der Waals surface area contributed by atoms with Gasteiger partial charge in [-0.05, 0) is 55.0 Å². The Hall–Kier alpha value is -2.05. The number of thiophene rings is 1. The van der Waals surface area contributed by atoms with E-state index in [1.54, 1.807) is 12.0 Å². The van der Waals surface area contributed by atoms with Crippen molar-refractivity contribution in [3.05, 3.63) is 51.7 Å². The molecule has 1 aliphatic rings. The van der Waals surface area contributed by atoms with E-state index < -0.39 is 0 Å². The third-order valence-corrected chi connectivity index (χ3v) is 5.97. The second-order valence-electron chi connectivity index (χ2n) is 6.86. The quantitative estimate of drug-likeness (QED) is 0.566. The molecule has 0 fully saturated rings. The Bertz CT molecular complexity index is 741. The highest BCUT2D eigenvalue weighted by Crippen LogP contribution is 2.24. The minimum absolute atomic E-state index is 0.461. The average Bonchev–Trinajstić information content (AvgIpc) is 3.18. The fourth-order valence-corrected chi connectivity index (χ4v) is 4.15. The predicted octanol–water partition coefficient (Wildman–Crippen LogP) is 3.26. The lowest BCUT2D eigenvalue weighted by Crippen LogP contribution is -2.47. The largest absolute Gasteiger partial charge is 0.497 e. The molecule has 5 nitrogen and oxygen atoms in total. The van der Waals surface area contributed by atoms with Gasteiger partial charge in [0, 0.05) is 37.1 Å². The summed E-state index contributed by atoms with van der Waals surface area (Å²) in [6.45, 7) is 8.96. The number of rotatable bonds is 7. The lowest BCUT2D eigenvalue weighted by Gasteiger charge is -2.32. The van der Waals surface area contributed by atoms with E-state index in [9.17, 15) is 0 Å². The number of nitrogens with zero attached hydrogens (tertiary/aromatic N) is 2. The molecule has 6 heteroatoms. The van der Waals surface area contributed by atoms with Gasteiger partial charge in [0.1, 0.15) is 5.75 Å². The summed E-state index contributed by atoms with van der Waals surface area (Å²) in [6.07, 6.45) is 1.17. The Morgan fingerprint density at radius 2 is 2.07 bits per heavy atom. The van der Waals surface area contributed by atoms with Crippen LogP contribution in [0.25, 0.3) is 0 Å². The fourth-order valence-electron chi connectivity index (χ4n) is 3.26. The van der Waals surface area contributed by atoms with Crippen molar-refractivity contribution in [1.29, 1.82) is 0 Å². The summed E-state index contributed by atoms with van der Waals surface area (Å²) < 4.78 is 5.21. The molecule has 1 aliphatic heterocycles. The van der Waals surface area contributed by atoms with E-state index in [1.165, 1.54) is 17.5 Å². The van der Waals surface area contributed by atoms with Gasteiger partial charge in [-0.1, -0.05) is 12.1 Å². The molecule has 27 heavy (non-hydrogen) atoms. The van der Waals surface area contributed by atoms with Gasteiger partial charge < -0.3 is 15.4 Å². The van der Waals surface area contributed by atoms with E-state index >= 15 is 0 Å². The van der Waals surface area contributed by atoms with Crippen LogP contribution in [0.5, 0.6) is 5.75 Å². The molecule has 0 aliphatic carbocycles. The first-order valence-corrected chi connectivity index (χ1v) is 10.5. The zero-order valence-electron chi connectivity index (χ0n) is 16.5. The van der Waals surface area contributed by atoms with Crippen molar-refractivity contribution >= 4 is 17.3 Å². The second kappa shape index (κ2) is 9.76. The highest BCUT2D eigenvalue weighted by atomic mass is 32.1. The molecule has 0 radical (unpaired) electrons. The van der Waals surface area contributed by atoms with E-state index in [-0.39, 0.29) is 0 Å². The zero-order valence-corrected chi connectivity index (χ0v) is 17.3. The Balaban J connectivity index is 1.52. The van der Waals surface area contributed by atoms with E-state index in [0.29, 0.717) is 12.6 Å². The van der Waals surface area contributed by atoms with Gasteiger partial charge in [-0.3, -0.25) is 4.90 Å². The number of methoxy groups -OCH3 is 1. The summed E-state index contributed by atoms with van der Waals surface area (Å²) in [5.41, 5.74) is 2.67. The molecule has 0 spiro atoms. The summed E-state index contributed by atoms with van der Waals surface area (Å²) in [5.74, 6) is 1.74. The molecule has 2 heterocycles. The first-order valence-electron chi connectivity index (χ1n) is 9.64. The van der Waals surface area contributed by atoms with Crippen molar-refractivity contribution in [2.45, 2.75) is 39.4 Å². The standard InChI is InChI=1S/C21H30N4OS/c1-4-22-21(24-14-17-5-7-19(26-3)8-6-17)23-13-16(2)25-11-9-20-18(15-25)10-12-27-20/h5-8,10,12,16H,4,9,11,13-15H2,1-3H3,(H2,22,23,24). The summed E-state index contributed by atoms with van der Waals surface area (Å²) in [7, 11) is 1.68. The van der Waals surface area contributed by atoms with Gasteiger partial charge >= 0.3 is 0 Å². The molecule has 0 amide bonds. The number of aliphatic imine (C=N–C) groups is 1. The number of hydrogen-bond donors (Lipinski definition) is 2. The molecular weight excluding hydrogens is 356 g/mol. The van der Waals surface area contributed by atoms with Crippen LogP contribution in [0.2, 0.25) is 0 Å². The maximum absolute atomic E-state index is 5.21. The predicted molar refractivity (Wildman–Crippen MR) is 114 cm³/mol. The molecule has 1 unspecified atom stereocenters. The minimum atomic E-state index is 0.461. The first-order chi connectivity index (χ1) is 13.2. The molecular formula is C21H30N4OS. The van der Waals surface area contributed by atoms with E-state index in [4.69, 9.17) is 9.73 Å². The molecule has 0 saturated carbocycles. The Morgan fingerprint density at radius 3 is 2.81 bits per heavy atom. The van der Waals surface area contributed by atoms with E-state index in [1.807, 2.05) is 23.5 Å². The Kier molecular flexibility index (Phi) is 7.12. The van der Waals surface area contributed by atoms with Gasteiger partial charge in [-0.25, -0.2) is 4.99 Å². The molecule has 1 aromatic heterocycles. The van der Waals surface area contributed by atoms with Gasteiger partial charge in [-0.15, -0.1) is 11.3 Å². The highest BCUT2D eigenvalue weighted by molar-refractivity contribution is 7.10. The van der Waals surface area contributed by atoms with Crippen LogP contribution < -0.4 is 15.4 Å². The number of nitrogens with one attached hydrogen (secondary N) is 2. The van der Waals surface area contributed by atoms with Crippen molar-refractivity contribution in [3.63, 3.8) is 0 Å². The third kappa shape index (κ3) is 5.47. The average molecular weight is 387 g/mol. The van der Waals surface area contributed by atoms with Crippen LogP contribution in [0.1, 0.15) is 29.9 Å².